The van der Waals surface area contributed by atoms with E-state index in [1.165, 1.54) is 0 Å². The quantitative estimate of drug-likeness (QED) is 0.714. The number of nitrogens with one attached hydrogen (secondary N) is 2. The molecule has 7 nitrogen and oxygen atoms in total. The predicted molar refractivity (Wildman–Crippen MR) is 68.4 cm³/mol. The van der Waals surface area contributed by atoms with Crippen LogP contribution in [0.15, 0.2) is 36.7 Å². The standard InChI is InChI=1S/C12H12N6O/c19-12(13-5-7-18-8-6-14-17-18)11-9-3-1-2-4-10(9)15-16-11/h1-4,6,8H,5,7H2,(H,13,19)(H,15,16). The van der Waals surface area contributed by atoms with Gasteiger partial charge in [-0.15, -0.1) is 5.10 Å². The molecule has 0 spiro atoms. The van der Waals surface area contributed by atoms with Gasteiger partial charge in [0.1, 0.15) is 0 Å². The van der Waals surface area contributed by atoms with E-state index in [2.05, 4.69) is 25.8 Å². The van der Waals surface area contributed by atoms with E-state index in [1.54, 1.807) is 17.1 Å². The Kier molecular flexibility index (Phi) is 2.93. The highest BCUT2D eigenvalue weighted by atomic mass is 16.1. The number of benzene rings is 1. The van der Waals surface area contributed by atoms with Crippen LogP contribution in [0.3, 0.4) is 0 Å². The summed E-state index contributed by atoms with van der Waals surface area (Å²) in [5.74, 6) is -0.197. The number of hydrogen-bond donors (Lipinski definition) is 2. The molecule has 0 saturated carbocycles. The molecule has 2 heterocycles. The fraction of sp³-hybridized carbons (Fsp3) is 0.167. The van der Waals surface area contributed by atoms with Gasteiger partial charge < -0.3 is 5.32 Å². The summed E-state index contributed by atoms with van der Waals surface area (Å²) < 4.78 is 1.66. The van der Waals surface area contributed by atoms with Crippen molar-refractivity contribution < 1.29 is 4.79 Å². The van der Waals surface area contributed by atoms with Crippen molar-refractivity contribution in [2.24, 2.45) is 0 Å². The van der Waals surface area contributed by atoms with Gasteiger partial charge in [0.15, 0.2) is 5.69 Å². The van der Waals surface area contributed by atoms with Gasteiger partial charge in [-0.05, 0) is 6.07 Å². The Balaban J connectivity index is 1.67. The molecule has 3 rings (SSSR count). The lowest BCUT2D eigenvalue weighted by Gasteiger charge is -2.03. The third kappa shape index (κ3) is 2.30. The highest BCUT2D eigenvalue weighted by Crippen LogP contribution is 2.14. The van der Waals surface area contributed by atoms with Crippen LogP contribution < -0.4 is 5.32 Å². The monoisotopic (exact) mass is 256 g/mol. The van der Waals surface area contributed by atoms with Crippen molar-refractivity contribution in [2.75, 3.05) is 6.54 Å². The van der Waals surface area contributed by atoms with Gasteiger partial charge in [-0.1, -0.05) is 23.4 Å². The fourth-order valence-corrected chi connectivity index (χ4v) is 1.86. The van der Waals surface area contributed by atoms with E-state index in [4.69, 9.17) is 0 Å². The summed E-state index contributed by atoms with van der Waals surface area (Å²) in [5, 5.41) is 18.0. The van der Waals surface area contributed by atoms with Crippen LogP contribution in [0.2, 0.25) is 0 Å². The molecule has 7 heteroatoms. The zero-order valence-electron chi connectivity index (χ0n) is 10.1. The second kappa shape index (κ2) is 4.89. The number of para-hydroxylation sites is 1. The van der Waals surface area contributed by atoms with E-state index in [9.17, 15) is 4.79 Å². The highest BCUT2D eigenvalue weighted by molar-refractivity contribution is 6.04. The van der Waals surface area contributed by atoms with Gasteiger partial charge in [0, 0.05) is 18.1 Å². The molecule has 0 aliphatic rings. The summed E-state index contributed by atoms with van der Waals surface area (Å²) in [6, 6.07) is 7.52. The number of rotatable bonds is 4. The highest BCUT2D eigenvalue weighted by Gasteiger charge is 2.12. The summed E-state index contributed by atoms with van der Waals surface area (Å²) in [6.07, 6.45) is 3.35. The third-order valence-corrected chi connectivity index (χ3v) is 2.78. The molecule has 0 atom stereocenters. The molecule has 1 amide bonds. The second-order valence-corrected chi connectivity index (χ2v) is 4.04. The van der Waals surface area contributed by atoms with E-state index >= 15 is 0 Å². The number of nitrogens with zero attached hydrogens (tertiary/aromatic N) is 4. The van der Waals surface area contributed by atoms with Crippen LogP contribution in [-0.2, 0) is 6.54 Å². The summed E-state index contributed by atoms with van der Waals surface area (Å²) >= 11 is 0. The summed E-state index contributed by atoms with van der Waals surface area (Å²) in [5.41, 5.74) is 1.26. The molecule has 0 fully saturated rings. The molecule has 0 radical (unpaired) electrons. The molecular formula is C12H12N6O. The number of amides is 1. The molecule has 0 saturated heterocycles. The van der Waals surface area contributed by atoms with E-state index in [0.717, 1.165) is 10.9 Å². The SMILES string of the molecule is O=C(NCCn1ccnn1)c1n[nH]c2ccccc12. The van der Waals surface area contributed by atoms with E-state index in [0.29, 0.717) is 18.8 Å². The number of hydrogen-bond acceptors (Lipinski definition) is 4. The van der Waals surface area contributed by atoms with Crippen LogP contribution in [0, 0.1) is 0 Å². The number of carbonyl (C=O) groups excluding carboxylic acids is 1. The minimum absolute atomic E-state index is 0.197. The number of aromatic amines is 1. The molecule has 1 aromatic carbocycles. The Bertz CT molecular complexity index is 687. The van der Waals surface area contributed by atoms with Gasteiger partial charge >= 0.3 is 0 Å². The Morgan fingerprint density at radius 3 is 3.11 bits per heavy atom. The van der Waals surface area contributed by atoms with Gasteiger partial charge in [0.05, 0.1) is 18.3 Å². The normalized spacial score (nSPS) is 10.7. The number of fused-ring (bicyclic) bond motifs is 1. The summed E-state index contributed by atoms with van der Waals surface area (Å²) in [7, 11) is 0. The third-order valence-electron chi connectivity index (χ3n) is 2.78. The van der Waals surface area contributed by atoms with Gasteiger partial charge in [-0.3, -0.25) is 14.6 Å². The van der Waals surface area contributed by atoms with Crippen LogP contribution in [0.1, 0.15) is 10.5 Å². The van der Waals surface area contributed by atoms with Gasteiger partial charge in [0.2, 0.25) is 0 Å². The summed E-state index contributed by atoms with van der Waals surface area (Å²) in [6.45, 7) is 1.05. The van der Waals surface area contributed by atoms with Crippen molar-refractivity contribution in [1.82, 2.24) is 30.5 Å². The van der Waals surface area contributed by atoms with Crippen LogP contribution in [0.25, 0.3) is 10.9 Å². The van der Waals surface area contributed by atoms with Crippen molar-refractivity contribution in [2.45, 2.75) is 6.54 Å². The lowest BCUT2D eigenvalue weighted by Crippen LogP contribution is -2.27. The lowest BCUT2D eigenvalue weighted by molar-refractivity contribution is 0.0948. The molecule has 2 aromatic heterocycles. The molecule has 0 bridgehead atoms. The van der Waals surface area contributed by atoms with Crippen molar-refractivity contribution >= 4 is 16.8 Å². The largest absolute Gasteiger partial charge is 0.349 e. The zero-order chi connectivity index (χ0) is 13.1. The molecule has 96 valence electrons. The van der Waals surface area contributed by atoms with Gasteiger partial charge in [-0.2, -0.15) is 5.10 Å². The topological polar surface area (TPSA) is 88.5 Å². The first-order valence-corrected chi connectivity index (χ1v) is 5.90. The number of aromatic nitrogens is 5. The Morgan fingerprint density at radius 1 is 1.37 bits per heavy atom. The minimum atomic E-state index is -0.197. The Morgan fingerprint density at radius 2 is 2.26 bits per heavy atom. The number of H-pyrrole nitrogens is 1. The van der Waals surface area contributed by atoms with Crippen LogP contribution in [-0.4, -0.2) is 37.6 Å². The zero-order valence-corrected chi connectivity index (χ0v) is 10.1. The molecule has 19 heavy (non-hydrogen) atoms. The average molecular weight is 256 g/mol. The molecular weight excluding hydrogens is 244 g/mol. The van der Waals surface area contributed by atoms with Crippen LogP contribution in [0.4, 0.5) is 0 Å². The van der Waals surface area contributed by atoms with Crippen molar-refractivity contribution in [1.29, 1.82) is 0 Å². The maximum atomic E-state index is 12.0. The van der Waals surface area contributed by atoms with Crippen molar-refractivity contribution in [3.63, 3.8) is 0 Å². The number of carbonyl (C=O) groups is 1. The smallest absolute Gasteiger partial charge is 0.272 e. The maximum Gasteiger partial charge on any atom is 0.272 e. The lowest BCUT2D eigenvalue weighted by atomic mass is 10.2. The van der Waals surface area contributed by atoms with E-state index in [1.807, 2.05) is 24.3 Å². The molecule has 0 unspecified atom stereocenters. The fourth-order valence-electron chi connectivity index (χ4n) is 1.86. The molecule has 0 aliphatic heterocycles. The van der Waals surface area contributed by atoms with Gasteiger partial charge in [0.25, 0.3) is 5.91 Å². The minimum Gasteiger partial charge on any atom is -0.349 e. The molecule has 0 aliphatic carbocycles. The van der Waals surface area contributed by atoms with E-state index < -0.39 is 0 Å². The first-order chi connectivity index (χ1) is 9.34. The Hall–Kier alpha value is -2.70. The first kappa shape index (κ1) is 11.4. The maximum absolute atomic E-state index is 12.0. The van der Waals surface area contributed by atoms with Crippen molar-refractivity contribution in [3.05, 3.63) is 42.4 Å². The predicted octanol–water partition coefficient (Wildman–Crippen LogP) is 0.584. The molecule has 3 aromatic rings. The van der Waals surface area contributed by atoms with Gasteiger partial charge in [-0.25, -0.2) is 0 Å². The van der Waals surface area contributed by atoms with Crippen LogP contribution in [0.5, 0.6) is 0 Å². The van der Waals surface area contributed by atoms with E-state index in [-0.39, 0.29) is 5.91 Å². The second-order valence-electron chi connectivity index (χ2n) is 4.04. The summed E-state index contributed by atoms with van der Waals surface area (Å²) in [4.78, 5) is 12.0. The Labute approximate surface area is 108 Å². The first-order valence-electron chi connectivity index (χ1n) is 5.90. The van der Waals surface area contributed by atoms with Crippen LogP contribution >= 0.6 is 0 Å². The average Bonchev–Trinajstić information content (AvgIpc) is 3.07. The van der Waals surface area contributed by atoms with Crippen molar-refractivity contribution in [3.8, 4) is 0 Å². The molecule has 2 N–H and O–H groups in total.